The topological polar surface area (TPSA) is 40.6 Å². The van der Waals surface area contributed by atoms with E-state index < -0.39 is 9.84 Å². The van der Waals surface area contributed by atoms with E-state index in [1.165, 1.54) is 5.41 Å². The lowest BCUT2D eigenvalue weighted by molar-refractivity contribution is 0.168. The molecule has 0 spiro atoms. The number of piperazine rings is 1. The first-order valence-corrected chi connectivity index (χ1v) is 8.07. The molecule has 0 aromatic heterocycles. The molecule has 19 heavy (non-hydrogen) atoms. The SMILES string of the molecule is CN1CCN(CC2=CS(=O)(=O)c3ccccc32)CC1. The minimum atomic E-state index is -3.22. The third kappa shape index (κ3) is 2.45. The summed E-state index contributed by atoms with van der Waals surface area (Å²) in [5.74, 6) is 0. The molecular weight excluding hydrogens is 260 g/mol. The van der Waals surface area contributed by atoms with Gasteiger partial charge in [0.25, 0.3) is 0 Å². The zero-order valence-corrected chi connectivity index (χ0v) is 11.9. The first-order chi connectivity index (χ1) is 9.06. The second-order valence-electron chi connectivity index (χ2n) is 5.26. The van der Waals surface area contributed by atoms with E-state index in [4.69, 9.17) is 0 Å². The van der Waals surface area contributed by atoms with Gasteiger partial charge in [-0.2, -0.15) is 0 Å². The molecule has 4 nitrogen and oxygen atoms in total. The maximum absolute atomic E-state index is 12.1. The molecule has 0 unspecified atom stereocenters. The van der Waals surface area contributed by atoms with E-state index in [9.17, 15) is 8.42 Å². The van der Waals surface area contributed by atoms with Gasteiger partial charge in [-0.05, 0) is 24.3 Å². The number of rotatable bonds is 2. The molecule has 0 radical (unpaired) electrons. The Morgan fingerprint density at radius 3 is 2.53 bits per heavy atom. The normalized spacial score (nSPS) is 23.1. The van der Waals surface area contributed by atoms with Crippen LogP contribution >= 0.6 is 0 Å². The number of nitrogens with zero attached hydrogens (tertiary/aromatic N) is 2. The Hall–Kier alpha value is -1.17. The molecule has 1 aromatic rings. The molecule has 0 atom stereocenters. The van der Waals surface area contributed by atoms with Gasteiger partial charge in [-0.25, -0.2) is 8.42 Å². The highest BCUT2D eigenvalue weighted by molar-refractivity contribution is 7.95. The van der Waals surface area contributed by atoms with E-state index in [1.54, 1.807) is 12.1 Å². The van der Waals surface area contributed by atoms with Crippen LogP contribution < -0.4 is 0 Å². The van der Waals surface area contributed by atoms with Crippen molar-refractivity contribution in [3.63, 3.8) is 0 Å². The predicted molar refractivity (Wildman–Crippen MR) is 75.5 cm³/mol. The van der Waals surface area contributed by atoms with Crippen LogP contribution in [0.4, 0.5) is 0 Å². The van der Waals surface area contributed by atoms with Crippen LogP contribution in [0.5, 0.6) is 0 Å². The summed E-state index contributed by atoms with van der Waals surface area (Å²) in [6.45, 7) is 4.81. The average Bonchev–Trinajstić information content (AvgIpc) is 2.65. The van der Waals surface area contributed by atoms with Crippen LogP contribution in [0.15, 0.2) is 34.6 Å². The monoisotopic (exact) mass is 278 g/mol. The summed E-state index contributed by atoms with van der Waals surface area (Å²) >= 11 is 0. The van der Waals surface area contributed by atoms with Crippen molar-refractivity contribution in [1.29, 1.82) is 0 Å². The summed E-state index contributed by atoms with van der Waals surface area (Å²) in [7, 11) is -1.10. The van der Waals surface area contributed by atoms with Gasteiger partial charge in [0, 0.05) is 38.1 Å². The third-order valence-corrected chi connectivity index (χ3v) is 5.39. The fraction of sp³-hybridized carbons (Fsp3) is 0.429. The van der Waals surface area contributed by atoms with Crippen molar-refractivity contribution in [3.8, 4) is 0 Å². The quantitative estimate of drug-likeness (QED) is 0.811. The second kappa shape index (κ2) is 4.74. The zero-order valence-electron chi connectivity index (χ0n) is 11.0. The van der Waals surface area contributed by atoms with Crippen molar-refractivity contribution in [2.75, 3.05) is 39.8 Å². The van der Waals surface area contributed by atoms with Gasteiger partial charge < -0.3 is 4.90 Å². The molecule has 5 heteroatoms. The van der Waals surface area contributed by atoms with Gasteiger partial charge in [-0.3, -0.25) is 4.90 Å². The first-order valence-electron chi connectivity index (χ1n) is 6.52. The highest BCUT2D eigenvalue weighted by atomic mass is 32.2. The van der Waals surface area contributed by atoms with Crippen molar-refractivity contribution < 1.29 is 8.42 Å². The molecule has 0 saturated carbocycles. The summed E-state index contributed by atoms with van der Waals surface area (Å²) in [6, 6.07) is 7.28. The van der Waals surface area contributed by atoms with Crippen LogP contribution in [0.2, 0.25) is 0 Å². The van der Waals surface area contributed by atoms with Gasteiger partial charge in [-0.15, -0.1) is 0 Å². The Bertz CT molecular complexity index is 614. The van der Waals surface area contributed by atoms with E-state index in [0.29, 0.717) is 4.90 Å². The van der Waals surface area contributed by atoms with E-state index in [-0.39, 0.29) is 0 Å². The number of hydrogen-bond donors (Lipinski definition) is 0. The van der Waals surface area contributed by atoms with Gasteiger partial charge in [-0.1, -0.05) is 18.2 Å². The summed E-state index contributed by atoms with van der Waals surface area (Å²) in [6.07, 6.45) is 0. The Kier molecular flexibility index (Phi) is 3.20. The molecule has 2 aliphatic heterocycles. The molecular formula is C14H18N2O2S. The van der Waals surface area contributed by atoms with Crippen molar-refractivity contribution in [2.24, 2.45) is 0 Å². The third-order valence-electron chi connectivity index (χ3n) is 3.83. The van der Waals surface area contributed by atoms with Gasteiger partial charge in [0.05, 0.1) is 4.90 Å². The summed E-state index contributed by atoms with van der Waals surface area (Å²) < 4.78 is 24.1. The van der Waals surface area contributed by atoms with Crippen LogP contribution in [0, 0.1) is 0 Å². The van der Waals surface area contributed by atoms with E-state index in [2.05, 4.69) is 16.8 Å². The Balaban J connectivity index is 1.83. The van der Waals surface area contributed by atoms with Crippen LogP contribution in [-0.2, 0) is 9.84 Å². The van der Waals surface area contributed by atoms with Gasteiger partial charge in [0.2, 0.25) is 9.84 Å². The van der Waals surface area contributed by atoms with Gasteiger partial charge in [0.15, 0.2) is 0 Å². The molecule has 1 saturated heterocycles. The van der Waals surface area contributed by atoms with Crippen molar-refractivity contribution in [3.05, 3.63) is 35.2 Å². The highest BCUT2D eigenvalue weighted by Crippen LogP contribution is 2.33. The molecule has 2 heterocycles. The maximum Gasteiger partial charge on any atom is 0.200 e. The molecule has 0 bridgehead atoms. The predicted octanol–water partition coefficient (Wildman–Crippen LogP) is 1.06. The number of benzene rings is 1. The standard InChI is InChI=1S/C14H18N2O2S/c1-15-6-8-16(9-7-15)10-12-11-19(17,18)14-5-3-2-4-13(12)14/h2-5,11H,6-10H2,1H3. The van der Waals surface area contributed by atoms with Crippen LogP contribution in [0.1, 0.15) is 5.56 Å². The second-order valence-corrected chi connectivity index (χ2v) is 7.03. The lowest BCUT2D eigenvalue weighted by Gasteiger charge is -2.32. The fourth-order valence-corrected chi connectivity index (χ4v) is 4.14. The summed E-state index contributed by atoms with van der Waals surface area (Å²) in [4.78, 5) is 5.08. The number of fused-ring (bicyclic) bond motifs is 1. The molecule has 102 valence electrons. The molecule has 0 N–H and O–H groups in total. The minimum Gasteiger partial charge on any atom is -0.304 e. The average molecular weight is 278 g/mol. The van der Waals surface area contributed by atoms with E-state index in [1.807, 2.05) is 12.1 Å². The first kappa shape index (κ1) is 12.8. The van der Waals surface area contributed by atoms with Crippen molar-refractivity contribution >= 4 is 15.4 Å². The molecule has 1 fully saturated rings. The Morgan fingerprint density at radius 1 is 1.11 bits per heavy atom. The zero-order chi connectivity index (χ0) is 13.5. The maximum atomic E-state index is 12.1. The van der Waals surface area contributed by atoms with Crippen molar-refractivity contribution in [1.82, 2.24) is 9.80 Å². The van der Waals surface area contributed by atoms with E-state index in [0.717, 1.165) is 43.9 Å². The largest absolute Gasteiger partial charge is 0.304 e. The minimum absolute atomic E-state index is 0.458. The summed E-state index contributed by atoms with van der Waals surface area (Å²) in [5, 5.41) is 1.44. The van der Waals surface area contributed by atoms with Crippen LogP contribution in [0.3, 0.4) is 0 Å². The smallest absolute Gasteiger partial charge is 0.200 e. The lowest BCUT2D eigenvalue weighted by atomic mass is 10.1. The lowest BCUT2D eigenvalue weighted by Crippen LogP contribution is -2.44. The molecule has 0 amide bonds. The van der Waals surface area contributed by atoms with Crippen LogP contribution in [0.25, 0.3) is 5.57 Å². The Labute approximate surface area is 114 Å². The van der Waals surface area contributed by atoms with Gasteiger partial charge in [0.1, 0.15) is 0 Å². The molecule has 3 rings (SSSR count). The number of hydrogen-bond acceptors (Lipinski definition) is 4. The summed E-state index contributed by atoms with van der Waals surface area (Å²) in [5.41, 5.74) is 1.81. The van der Waals surface area contributed by atoms with Gasteiger partial charge >= 0.3 is 0 Å². The molecule has 2 aliphatic rings. The highest BCUT2D eigenvalue weighted by Gasteiger charge is 2.27. The van der Waals surface area contributed by atoms with Crippen LogP contribution in [-0.4, -0.2) is 58.0 Å². The number of sulfone groups is 1. The number of likely N-dealkylation sites (N-methyl/N-ethyl adjacent to an activating group) is 1. The molecule has 0 aliphatic carbocycles. The molecule has 1 aromatic carbocycles. The van der Waals surface area contributed by atoms with Crippen molar-refractivity contribution in [2.45, 2.75) is 4.90 Å². The van der Waals surface area contributed by atoms with E-state index >= 15 is 0 Å². The Morgan fingerprint density at radius 2 is 1.79 bits per heavy atom. The fourth-order valence-electron chi connectivity index (χ4n) is 2.66.